The molecule has 0 bridgehead atoms. The SMILES string of the molecule is COc1ccc2sc(C(=O)NCCC3CCNC3)c(C)c2c1.Cl. The van der Waals surface area contributed by atoms with Crippen molar-refractivity contribution in [3.8, 4) is 5.75 Å². The van der Waals surface area contributed by atoms with E-state index >= 15 is 0 Å². The van der Waals surface area contributed by atoms with Gasteiger partial charge in [-0.15, -0.1) is 23.7 Å². The third-order valence-electron chi connectivity index (χ3n) is 4.35. The molecule has 1 aliphatic rings. The van der Waals surface area contributed by atoms with Gasteiger partial charge in [0.15, 0.2) is 0 Å². The molecule has 1 aliphatic heterocycles. The predicted octanol–water partition coefficient (Wildman–Crippen LogP) is 3.37. The summed E-state index contributed by atoms with van der Waals surface area (Å²) in [6, 6.07) is 5.96. The van der Waals surface area contributed by atoms with Crippen LogP contribution in [0.2, 0.25) is 0 Å². The second-order valence-corrected chi connectivity index (χ2v) is 6.87. The molecule has 1 aromatic heterocycles. The molecule has 126 valence electrons. The number of methoxy groups -OCH3 is 1. The van der Waals surface area contributed by atoms with Crippen LogP contribution in [0.3, 0.4) is 0 Å². The van der Waals surface area contributed by atoms with E-state index in [9.17, 15) is 4.79 Å². The second-order valence-electron chi connectivity index (χ2n) is 5.82. The minimum Gasteiger partial charge on any atom is -0.497 e. The summed E-state index contributed by atoms with van der Waals surface area (Å²) in [6.45, 7) is 4.95. The summed E-state index contributed by atoms with van der Waals surface area (Å²) < 4.78 is 6.40. The highest BCUT2D eigenvalue weighted by atomic mass is 35.5. The highest BCUT2D eigenvalue weighted by molar-refractivity contribution is 7.21. The number of hydrogen-bond acceptors (Lipinski definition) is 4. The Hall–Kier alpha value is -1.30. The summed E-state index contributed by atoms with van der Waals surface area (Å²) in [4.78, 5) is 13.2. The monoisotopic (exact) mass is 354 g/mol. The van der Waals surface area contributed by atoms with Gasteiger partial charge in [0.1, 0.15) is 5.75 Å². The van der Waals surface area contributed by atoms with Crippen LogP contribution in [-0.2, 0) is 0 Å². The molecule has 1 aromatic carbocycles. The summed E-state index contributed by atoms with van der Waals surface area (Å²) in [5.74, 6) is 1.57. The van der Waals surface area contributed by atoms with E-state index in [2.05, 4.69) is 10.6 Å². The molecule has 1 amide bonds. The lowest BCUT2D eigenvalue weighted by Gasteiger charge is -2.09. The molecule has 0 radical (unpaired) electrons. The summed E-state index contributed by atoms with van der Waals surface area (Å²) >= 11 is 1.55. The molecule has 0 aliphatic carbocycles. The summed E-state index contributed by atoms with van der Waals surface area (Å²) in [6.07, 6.45) is 2.27. The number of nitrogens with one attached hydrogen (secondary N) is 2. The Bertz CT molecular complexity index is 681. The number of ether oxygens (including phenoxy) is 1. The fourth-order valence-corrected chi connectivity index (χ4v) is 4.08. The lowest BCUT2D eigenvalue weighted by atomic mass is 10.1. The maximum Gasteiger partial charge on any atom is 0.261 e. The molecule has 1 saturated heterocycles. The van der Waals surface area contributed by atoms with Gasteiger partial charge in [-0.25, -0.2) is 0 Å². The van der Waals surface area contributed by atoms with Crippen molar-refractivity contribution in [2.45, 2.75) is 19.8 Å². The quantitative estimate of drug-likeness (QED) is 0.865. The summed E-state index contributed by atoms with van der Waals surface area (Å²) in [5, 5.41) is 7.53. The number of benzene rings is 1. The van der Waals surface area contributed by atoms with E-state index in [1.807, 2.05) is 25.1 Å². The van der Waals surface area contributed by atoms with Gasteiger partial charge in [0.2, 0.25) is 0 Å². The number of hydrogen-bond donors (Lipinski definition) is 2. The van der Waals surface area contributed by atoms with Crippen molar-refractivity contribution < 1.29 is 9.53 Å². The van der Waals surface area contributed by atoms with Crippen LogP contribution in [0, 0.1) is 12.8 Å². The zero-order valence-electron chi connectivity index (χ0n) is 13.5. The molecule has 0 spiro atoms. The molecular formula is C17H23ClN2O2S. The first-order valence-electron chi connectivity index (χ1n) is 7.75. The first kappa shape index (κ1) is 18.0. The zero-order chi connectivity index (χ0) is 15.5. The molecule has 2 heterocycles. The van der Waals surface area contributed by atoms with Crippen LogP contribution < -0.4 is 15.4 Å². The highest BCUT2D eigenvalue weighted by Crippen LogP contribution is 2.33. The Labute approximate surface area is 147 Å². The number of aryl methyl sites for hydroxylation is 1. The van der Waals surface area contributed by atoms with E-state index in [-0.39, 0.29) is 18.3 Å². The number of carbonyl (C=O) groups is 1. The molecule has 1 fully saturated rings. The van der Waals surface area contributed by atoms with Crippen molar-refractivity contribution in [3.05, 3.63) is 28.6 Å². The molecule has 6 heteroatoms. The highest BCUT2D eigenvalue weighted by Gasteiger charge is 2.17. The third-order valence-corrected chi connectivity index (χ3v) is 5.62. The van der Waals surface area contributed by atoms with Gasteiger partial charge in [0.05, 0.1) is 12.0 Å². The van der Waals surface area contributed by atoms with Crippen molar-refractivity contribution in [1.82, 2.24) is 10.6 Å². The number of rotatable bonds is 5. The summed E-state index contributed by atoms with van der Waals surface area (Å²) in [5.41, 5.74) is 1.04. The zero-order valence-corrected chi connectivity index (χ0v) is 15.1. The van der Waals surface area contributed by atoms with E-state index < -0.39 is 0 Å². The lowest BCUT2D eigenvalue weighted by Crippen LogP contribution is -2.26. The molecule has 2 aromatic rings. The maximum absolute atomic E-state index is 12.4. The van der Waals surface area contributed by atoms with Gasteiger partial charge in [-0.3, -0.25) is 4.79 Å². The fraction of sp³-hybridized carbons (Fsp3) is 0.471. The number of carbonyl (C=O) groups excluding carboxylic acids is 1. The average Bonchev–Trinajstić information content (AvgIpc) is 3.15. The Kier molecular flexibility index (Phi) is 6.27. The van der Waals surface area contributed by atoms with Crippen molar-refractivity contribution in [2.24, 2.45) is 5.92 Å². The average molecular weight is 355 g/mol. The second kappa shape index (κ2) is 7.99. The topological polar surface area (TPSA) is 50.4 Å². The van der Waals surface area contributed by atoms with Crippen LogP contribution in [0.4, 0.5) is 0 Å². The molecule has 0 saturated carbocycles. The van der Waals surface area contributed by atoms with Crippen LogP contribution in [0.1, 0.15) is 28.1 Å². The maximum atomic E-state index is 12.4. The van der Waals surface area contributed by atoms with Crippen LogP contribution in [0.5, 0.6) is 5.75 Å². The Morgan fingerprint density at radius 2 is 2.30 bits per heavy atom. The number of thiophene rings is 1. The van der Waals surface area contributed by atoms with Crippen molar-refractivity contribution in [3.63, 3.8) is 0 Å². The van der Waals surface area contributed by atoms with Crippen LogP contribution in [-0.4, -0.2) is 32.7 Å². The molecule has 1 unspecified atom stereocenters. The van der Waals surface area contributed by atoms with Gasteiger partial charge in [0, 0.05) is 11.2 Å². The third kappa shape index (κ3) is 3.97. The molecule has 3 rings (SSSR count). The van der Waals surface area contributed by atoms with Crippen LogP contribution in [0.25, 0.3) is 10.1 Å². The molecular weight excluding hydrogens is 332 g/mol. The molecule has 4 nitrogen and oxygen atoms in total. The van der Waals surface area contributed by atoms with Gasteiger partial charge in [0.25, 0.3) is 5.91 Å². The first-order valence-corrected chi connectivity index (χ1v) is 8.56. The van der Waals surface area contributed by atoms with Gasteiger partial charge in [-0.05, 0) is 67.9 Å². The molecule has 2 N–H and O–H groups in total. The Morgan fingerprint density at radius 3 is 3.00 bits per heavy atom. The smallest absolute Gasteiger partial charge is 0.261 e. The Balaban J connectivity index is 0.00000192. The largest absolute Gasteiger partial charge is 0.497 e. The minimum absolute atomic E-state index is 0. The van der Waals surface area contributed by atoms with E-state index in [0.717, 1.165) is 52.3 Å². The molecule has 1 atom stereocenters. The number of amides is 1. The van der Waals surface area contributed by atoms with E-state index in [4.69, 9.17) is 4.74 Å². The number of halogens is 1. The lowest BCUT2D eigenvalue weighted by molar-refractivity contribution is 0.0955. The van der Waals surface area contributed by atoms with Crippen LogP contribution >= 0.6 is 23.7 Å². The van der Waals surface area contributed by atoms with E-state index in [1.165, 1.54) is 6.42 Å². The standard InChI is InChI=1S/C17H22N2O2S.ClH/c1-11-14-9-13(21-2)3-4-15(14)22-16(11)17(20)19-8-6-12-5-7-18-10-12;/h3-4,9,12,18H,5-8,10H2,1-2H3,(H,19,20);1H. The molecule has 23 heavy (non-hydrogen) atoms. The predicted molar refractivity (Wildman–Crippen MR) is 98.3 cm³/mol. The number of fused-ring (bicyclic) bond motifs is 1. The van der Waals surface area contributed by atoms with Gasteiger partial charge >= 0.3 is 0 Å². The fourth-order valence-electron chi connectivity index (χ4n) is 2.97. The van der Waals surface area contributed by atoms with Gasteiger partial charge in [-0.1, -0.05) is 0 Å². The van der Waals surface area contributed by atoms with Crippen molar-refractivity contribution in [1.29, 1.82) is 0 Å². The van der Waals surface area contributed by atoms with Gasteiger partial charge < -0.3 is 15.4 Å². The minimum atomic E-state index is 0. The Morgan fingerprint density at radius 1 is 1.48 bits per heavy atom. The van der Waals surface area contributed by atoms with E-state index in [0.29, 0.717) is 5.92 Å². The van der Waals surface area contributed by atoms with Gasteiger partial charge in [-0.2, -0.15) is 0 Å². The van der Waals surface area contributed by atoms with Crippen molar-refractivity contribution in [2.75, 3.05) is 26.7 Å². The first-order chi connectivity index (χ1) is 10.7. The summed E-state index contributed by atoms with van der Waals surface area (Å²) in [7, 11) is 1.66. The van der Waals surface area contributed by atoms with E-state index in [1.54, 1.807) is 18.4 Å². The normalized spacial score (nSPS) is 17.0. The van der Waals surface area contributed by atoms with Crippen molar-refractivity contribution >= 4 is 39.7 Å². The van der Waals surface area contributed by atoms with Crippen LogP contribution in [0.15, 0.2) is 18.2 Å².